The SMILES string of the molecule is CC1(C2CC2)NC(=O)N(CC(=O)Nc2cc(Cl)ccc2OCC2CCCO2)C1=O. The van der Waals surface area contributed by atoms with E-state index in [1.54, 1.807) is 25.1 Å². The molecule has 1 saturated carbocycles. The van der Waals surface area contributed by atoms with Gasteiger partial charge in [-0.15, -0.1) is 0 Å². The van der Waals surface area contributed by atoms with Crippen LogP contribution in [-0.4, -0.2) is 54.1 Å². The lowest BCUT2D eigenvalue weighted by Crippen LogP contribution is -2.46. The summed E-state index contributed by atoms with van der Waals surface area (Å²) in [6.07, 6.45) is 3.76. The van der Waals surface area contributed by atoms with Crippen LogP contribution < -0.4 is 15.4 Å². The average molecular weight is 422 g/mol. The molecule has 1 aliphatic carbocycles. The van der Waals surface area contributed by atoms with Crippen LogP contribution in [-0.2, 0) is 14.3 Å². The van der Waals surface area contributed by atoms with Gasteiger partial charge in [-0.1, -0.05) is 11.6 Å². The molecule has 3 fully saturated rings. The second kappa shape index (κ2) is 7.84. The highest BCUT2D eigenvalue weighted by Gasteiger charge is 2.56. The first-order valence-corrected chi connectivity index (χ1v) is 10.2. The first kappa shape index (κ1) is 20.0. The summed E-state index contributed by atoms with van der Waals surface area (Å²) in [7, 11) is 0. The molecule has 2 unspecified atom stereocenters. The summed E-state index contributed by atoms with van der Waals surface area (Å²) in [6.45, 7) is 2.45. The van der Waals surface area contributed by atoms with Crippen LogP contribution in [0.4, 0.5) is 10.5 Å². The lowest BCUT2D eigenvalue weighted by atomic mass is 9.96. The summed E-state index contributed by atoms with van der Waals surface area (Å²) in [4.78, 5) is 38.5. The van der Waals surface area contributed by atoms with Gasteiger partial charge in [-0.2, -0.15) is 0 Å². The predicted molar refractivity (Wildman–Crippen MR) is 106 cm³/mol. The van der Waals surface area contributed by atoms with E-state index in [0.717, 1.165) is 37.2 Å². The Labute approximate surface area is 173 Å². The quantitative estimate of drug-likeness (QED) is 0.659. The van der Waals surface area contributed by atoms with E-state index in [1.165, 1.54) is 0 Å². The molecule has 0 bridgehead atoms. The zero-order valence-electron chi connectivity index (χ0n) is 16.2. The van der Waals surface area contributed by atoms with Crippen LogP contribution in [0.25, 0.3) is 0 Å². The first-order chi connectivity index (χ1) is 13.9. The van der Waals surface area contributed by atoms with Crippen molar-refractivity contribution in [3.05, 3.63) is 23.2 Å². The maximum Gasteiger partial charge on any atom is 0.325 e. The van der Waals surface area contributed by atoms with Crippen molar-refractivity contribution in [2.24, 2.45) is 5.92 Å². The number of halogens is 1. The molecule has 2 aliphatic heterocycles. The van der Waals surface area contributed by atoms with Gasteiger partial charge in [-0.25, -0.2) is 4.79 Å². The van der Waals surface area contributed by atoms with Crippen molar-refractivity contribution in [1.82, 2.24) is 10.2 Å². The molecule has 8 nitrogen and oxygen atoms in total. The Morgan fingerprint density at radius 2 is 2.17 bits per heavy atom. The minimum absolute atomic E-state index is 0.0280. The highest BCUT2D eigenvalue weighted by atomic mass is 35.5. The van der Waals surface area contributed by atoms with Crippen molar-refractivity contribution < 1.29 is 23.9 Å². The van der Waals surface area contributed by atoms with Crippen LogP contribution in [0, 0.1) is 5.92 Å². The van der Waals surface area contributed by atoms with Crippen LogP contribution in [0.5, 0.6) is 5.75 Å². The number of hydrogen-bond donors (Lipinski definition) is 2. The Balaban J connectivity index is 1.40. The molecular weight excluding hydrogens is 398 g/mol. The lowest BCUT2D eigenvalue weighted by molar-refractivity contribution is -0.134. The summed E-state index contributed by atoms with van der Waals surface area (Å²) in [5.74, 6) is -0.269. The second-order valence-corrected chi connectivity index (χ2v) is 8.37. The number of carbonyl (C=O) groups is 3. The zero-order chi connectivity index (χ0) is 20.6. The van der Waals surface area contributed by atoms with E-state index in [4.69, 9.17) is 21.1 Å². The average Bonchev–Trinajstić information content (AvgIpc) is 3.37. The highest BCUT2D eigenvalue weighted by molar-refractivity contribution is 6.31. The molecule has 2 heterocycles. The van der Waals surface area contributed by atoms with Crippen molar-refractivity contribution in [1.29, 1.82) is 0 Å². The summed E-state index contributed by atoms with van der Waals surface area (Å²) in [5, 5.41) is 5.87. The molecule has 0 radical (unpaired) electrons. The molecule has 0 spiro atoms. The Bertz CT molecular complexity index is 837. The van der Waals surface area contributed by atoms with Gasteiger partial charge in [-0.05, 0) is 56.7 Å². The summed E-state index contributed by atoms with van der Waals surface area (Å²) in [5.41, 5.74) is -0.527. The Morgan fingerprint density at radius 1 is 1.38 bits per heavy atom. The summed E-state index contributed by atoms with van der Waals surface area (Å²) < 4.78 is 11.4. The normalized spacial score (nSPS) is 26.6. The van der Waals surface area contributed by atoms with Gasteiger partial charge in [0.2, 0.25) is 5.91 Å². The molecule has 29 heavy (non-hydrogen) atoms. The molecule has 2 atom stereocenters. The molecule has 1 aromatic carbocycles. The van der Waals surface area contributed by atoms with Gasteiger partial charge in [0, 0.05) is 11.6 Å². The Morgan fingerprint density at radius 3 is 2.86 bits per heavy atom. The smallest absolute Gasteiger partial charge is 0.325 e. The number of anilines is 1. The third-order valence-corrected chi connectivity index (χ3v) is 5.90. The van der Waals surface area contributed by atoms with Gasteiger partial charge < -0.3 is 20.1 Å². The molecule has 9 heteroatoms. The fourth-order valence-electron chi connectivity index (χ4n) is 3.81. The molecular formula is C20H24ClN3O5. The van der Waals surface area contributed by atoms with E-state index < -0.39 is 17.5 Å². The van der Waals surface area contributed by atoms with Crippen LogP contribution >= 0.6 is 11.6 Å². The monoisotopic (exact) mass is 421 g/mol. The molecule has 2 N–H and O–H groups in total. The van der Waals surface area contributed by atoms with Gasteiger partial charge in [0.05, 0.1) is 11.8 Å². The fourth-order valence-corrected chi connectivity index (χ4v) is 3.99. The van der Waals surface area contributed by atoms with Crippen molar-refractivity contribution in [3.63, 3.8) is 0 Å². The highest BCUT2D eigenvalue weighted by Crippen LogP contribution is 2.42. The number of imide groups is 1. The number of ether oxygens (including phenoxy) is 2. The first-order valence-electron chi connectivity index (χ1n) is 9.85. The molecule has 1 aromatic rings. The van der Waals surface area contributed by atoms with Gasteiger partial charge in [0.25, 0.3) is 5.91 Å². The van der Waals surface area contributed by atoms with E-state index in [0.29, 0.717) is 23.1 Å². The maximum absolute atomic E-state index is 12.7. The molecule has 0 aromatic heterocycles. The van der Waals surface area contributed by atoms with Crippen molar-refractivity contribution in [3.8, 4) is 5.75 Å². The van der Waals surface area contributed by atoms with E-state index in [-0.39, 0.29) is 24.5 Å². The number of carbonyl (C=O) groups excluding carboxylic acids is 3. The third-order valence-electron chi connectivity index (χ3n) is 5.66. The third kappa shape index (κ3) is 4.18. The standard InChI is InChI=1S/C20H24ClN3O5/c1-20(12-4-5-12)18(26)24(19(27)23-20)10-17(25)22-15-9-13(21)6-7-16(15)29-11-14-3-2-8-28-14/h6-7,9,12,14H,2-5,8,10-11H2,1H3,(H,22,25)(H,23,27). The number of nitrogens with one attached hydrogen (secondary N) is 2. The van der Waals surface area contributed by atoms with Gasteiger partial charge in [0.1, 0.15) is 24.4 Å². The number of nitrogens with zero attached hydrogens (tertiary/aromatic N) is 1. The van der Waals surface area contributed by atoms with Gasteiger partial charge >= 0.3 is 6.03 Å². The van der Waals surface area contributed by atoms with Gasteiger partial charge in [-0.3, -0.25) is 14.5 Å². The predicted octanol–water partition coefficient (Wildman–Crippen LogP) is 2.56. The van der Waals surface area contributed by atoms with Crippen LogP contribution in [0.1, 0.15) is 32.6 Å². The number of urea groups is 1. The number of hydrogen-bond acceptors (Lipinski definition) is 5. The van der Waals surface area contributed by atoms with Crippen molar-refractivity contribution in [2.45, 2.75) is 44.2 Å². The van der Waals surface area contributed by atoms with E-state index in [9.17, 15) is 14.4 Å². The Kier molecular flexibility index (Phi) is 5.40. The molecule has 2 saturated heterocycles. The molecule has 3 aliphatic rings. The molecule has 4 amide bonds. The van der Waals surface area contributed by atoms with Crippen molar-refractivity contribution >= 4 is 35.1 Å². The molecule has 156 valence electrons. The van der Waals surface area contributed by atoms with E-state index in [2.05, 4.69) is 10.6 Å². The van der Waals surface area contributed by atoms with E-state index in [1.807, 2.05) is 0 Å². The fraction of sp³-hybridized carbons (Fsp3) is 0.550. The summed E-state index contributed by atoms with van der Waals surface area (Å²) >= 11 is 6.06. The molecule has 4 rings (SSSR count). The van der Waals surface area contributed by atoms with Crippen LogP contribution in [0.15, 0.2) is 18.2 Å². The number of amides is 4. The lowest BCUT2D eigenvalue weighted by Gasteiger charge is -2.21. The van der Waals surface area contributed by atoms with Crippen LogP contribution in [0.3, 0.4) is 0 Å². The summed E-state index contributed by atoms with van der Waals surface area (Å²) in [6, 6.07) is 4.37. The second-order valence-electron chi connectivity index (χ2n) is 7.93. The van der Waals surface area contributed by atoms with Crippen LogP contribution in [0.2, 0.25) is 5.02 Å². The zero-order valence-corrected chi connectivity index (χ0v) is 17.0. The minimum Gasteiger partial charge on any atom is -0.489 e. The maximum atomic E-state index is 12.7. The van der Waals surface area contributed by atoms with Crippen molar-refractivity contribution in [2.75, 3.05) is 25.1 Å². The Hall–Kier alpha value is -2.32. The minimum atomic E-state index is -0.914. The number of benzene rings is 1. The van der Waals surface area contributed by atoms with E-state index >= 15 is 0 Å². The number of rotatable bonds is 7. The van der Waals surface area contributed by atoms with Gasteiger partial charge in [0.15, 0.2) is 0 Å². The topological polar surface area (TPSA) is 97.0 Å². The largest absolute Gasteiger partial charge is 0.489 e.